The Balaban J connectivity index is 1.46. The number of hydrogen-bond acceptors (Lipinski definition) is 5. The first-order valence-electron chi connectivity index (χ1n) is 11.5. The molecule has 174 valence electrons. The zero-order valence-electron chi connectivity index (χ0n) is 19.9. The van der Waals surface area contributed by atoms with Gasteiger partial charge in [0.15, 0.2) is 0 Å². The summed E-state index contributed by atoms with van der Waals surface area (Å²) in [6.07, 6.45) is -0.232. The van der Waals surface area contributed by atoms with E-state index >= 15 is 0 Å². The van der Waals surface area contributed by atoms with Crippen LogP contribution in [-0.2, 0) is 11.3 Å². The lowest BCUT2D eigenvalue weighted by atomic mass is 10.1. The lowest BCUT2D eigenvalue weighted by molar-refractivity contribution is 0.105. The molecule has 0 aliphatic carbocycles. The van der Waals surface area contributed by atoms with E-state index < -0.39 is 0 Å². The first-order chi connectivity index (χ1) is 15.9. The van der Waals surface area contributed by atoms with Crippen LogP contribution in [0.3, 0.4) is 0 Å². The standard InChI is InChI=1S/C26H32N4O3/c1-5-33-26(32)30-12-10-29(11-13-30)22-7-9-24(19(3)15-22)28(4)17-21-16-20-14-18(2)6-8-23(20)27-25(21)31/h6-9,14-16H,5,10-13,17H2,1-4H3,(H,27,31). The van der Waals surface area contributed by atoms with Gasteiger partial charge in [0.05, 0.1) is 6.61 Å². The molecule has 2 aromatic carbocycles. The Morgan fingerprint density at radius 1 is 1.06 bits per heavy atom. The smallest absolute Gasteiger partial charge is 0.409 e. The third-order valence-corrected chi connectivity index (χ3v) is 6.25. The number of amides is 1. The number of ether oxygens (including phenoxy) is 1. The molecule has 0 radical (unpaired) electrons. The van der Waals surface area contributed by atoms with Gasteiger partial charge in [-0.25, -0.2) is 4.79 Å². The van der Waals surface area contributed by atoms with Crippen molar-refractivity contribution in [3.05, 3.63) is 69.5 Å². The molecule has 7 heteroatoms. The molecule has 0 spiro atoms. The number of carbonyl (C=O) groups excluding carboxylic acids is 1. The van der Waals surface area contributed by atoms with Crippen LogP contribution in [0.15, 0.2) is 47.3 Å². The highest BCUT2D eigenvalue weighted by Gasteiger charge is 2.22. The lowest BCUT2D eigenvalue weighted by Crippen LogP contribution is -2.49. The quantitative estimate of drug-likeness (QED) is 0.638. The third-order valence-electron chi connectivity index (χ3n) is 6.25. The van der Waals surface area contributed by atoms with Crippen LogP contribution >= 0.6 is 0 Å². The van der Waals surface area contributed by atoms with Crippen molar-refractivity contribution >= 4 is 28.4 Å². The van der Waals surface area contributed by atoms with Gasteiger partial charge in [-0.05, 0) is 68.1 Å². The normalized spacial score (nSPS) is 13.9. The molecule has 1 amide bonds. The van der Waals surface area contributed by atoms with E-state index in [2.05, 4.69) is 52.9 Å². The van der Waals surface area contributed by atoms with Gasteiger partial charge in [-0.3, -0.25) is 4.79 Å². The van der Waals surface area contributed by atoms with Crippen LogP contribution in [0.1, 0.15) is 23.6 Å². The molecule has 1 aliphatic rings. The SMILES string of the molecule is CCOC(=O)N1CCN(c2ccc(N(C)Cc3cc4cc(C)ccc4[nH]c3=O)c(C)c2)CC1. The van der Waals surface area contributed by atoms with Gasteiger partial charge in [-0.2, -0.15) is 0 Å². The van der Waals surface area contributed by atoms with Crippen LogP contribution in [0.25, 0.3) is 10.9 Å². The topological polar surface area (TPSA) is 68.9 Å². The van der Waals surface area contributed by atoms with Crippen molar-refractivity contribution in [1.82, 2.24) is 9.88 Å². The summed E-state index contributed by atoms with van der Waals surface area (Å²) in [6.45, 7) is 9.77. The van der Waals surface area contributed by atoms with E-state index in [0.717, 1.165) is 46.5 Å². The molecular formula is C26H32N4O3. The number of anilines is 2. The Hall–Kier alpha value is -3.48. The number of aromatic nitrogens is 1. The Bertz CT molecular complexity index is 1210. The number of benzene rings is 2. The summed E-state index contributed by atoms with van der Waals surface area (Å²) < 4.78 is 5.11. The number of rotatable bonds is 5. The predicted octanol–water partition coefficient (Wildman–Crippen LogP) is 4.06. The number of H-pyrrole nitrogens is 1. The average Bonchev–Trinajstić information content (AvgIpc) is 2.80. The van der Waals surface area contributed by atoms with Crippen molar-refractivity contribution < 1.29 is 9.53 Å². The van der Waals surface area contributed by atoms with E-state index in [1.54, 1.807) is 4.90 Å². The zero-order valence-corrected chi connectivity index (χ0v) is 19.9. The molecule has 1 aliphatic heterocycles. The van der Waals surface area contributed by atoms with Gasteiger partial charge < -0.3 is 24.4 Å². The highest BCUT2D eigenvalue weighted by atomic mass is 16.6. The molecule has 1 saturated heterocycles. The number of carbonyl (C=O) groups is 1. The largest absolute Gasteiger partial charge is 0.450 e. The van der Waals surface area contributed by atoms with Gasteiger partial charge in [0.1, 0.15) is 0 Å². The molecule has 0 atom stereocenters. The van der Waals surface area contributed by atoms with E-state index in [1.807, 2.05) is 32.2 Å². The maximum atomic E-state index is 12.6. The van der Waals surface area contributed by atoms with Crippen LogP contribution < -0.4 is 15.4 Å². The minimum Gasteiger partial charge on any atom is -0.450 e. The summed E-state index contributed by atoms with van der Waals surface area (Å²) in [5, 5.41) is 1.05. The van der Waals surface area contributed by atoms with Crippen LogP contribution in [0.2, 0.25) is 0 Å². The monoisotopic (exact) mass is 448 g/mol. The molecule has 3 aromatic rings. The molecule has 0 bridgehead atoms. The van der Waals surface area contributed by atoms with Crippen molar-refractivity contribution in [2.24, 2.45) is 0 Å². The average molecular weight is 449 g/mol. The fraction of sp³-hybridized carbons (Fsp3) is 0.385. The number of hydrogen-bond donors (Lipinski definition) is 1. The number of nitrogens with one attached hydrogen (secondary N) is 1. The van der Waals surface area contributed by atoms with Crippen molar-refractivity contribution in [3.63, 3.8) is 0 Å². The first kappa shape index (κ1) is 22.7. The fourth-order valence-corrected chi connectivity index (χ4v) is 4.46. The maximum absolute atomic E-state index is 12.6. The Labute approximate surface area is 194 Å². The minimum absolute atomic E-state index is 0.0491. The van der Waals surface area contributed by atoms with E-state index in [1.165, 1.54) is 5.56 Å². The first-order valence-corrected chi connectivity index (χ1v) is 11.5. The Morgan fingerprint density at radius 2 is 1.82 bits per heavy atom. The molecule has 0 unspecified atom stereocenters. The summed E-state index contributed by atoms with van der Waals surface area (Å²) in [6, 6.07) is 14.5. The molecule has 7 nitrogen and oxygen atoms in total. The maximum Gasteiger partial charge on any atom is 0.409 e. The fourth-order valence-electron chi connectivity index (χ4n) is 4.46. The molecule has 2 heterocycles. The van der Waals surface area contributed by atoms with Crippen LogP contribution in [0.5, 0.6) is 0 Å². The number of nitrogens with zero attached hydrogens (tertiary/aromatic N) is 3. The molecule has 1 fully saturated rings. The highest BCUT2D eigenvalue weighted by Crippen LogP contribution is 2.27. The third kappa shape index (κ3) is 4.97. The molecule has 1 N–H and O–H groups in total. The summed E-state index contributed by atoms with van der Waals surface area (Å²) >= 11 is 0. The van der Waals surface area contributed by atoms with Crippen molar-refractivity contribution in [2.75, 3.05) is 49.6 Å². The number of pyridine rings is 1. The number of aryl methyl sites for hydroxylation is 2. The van der Waals surface area contributed by atoms with Gasteiger partial charge in [-0.15, -0.1) is 0 Å². The highest BCUT2D eigenvalue weighted by molar-refractivity contribution is 5.79. The van der Waals surface area contributed by atoms with Crippen molar-refractivity contribution in [2.45, 2.75) is 27.3 Å². The Morgan fingerprint density at radius 3 is 2.52 bits per heavy atom. The molecular weight excluding hydrogens is 416 g/mol. The van der Waals surface area contributed by atoms with E-state index in [4.69, 9.17) is 4.74 Å². The van der Waals surface area contributed by atoms with E-state index in [-0.39, 0.29) is 11.7 Å². The summed E-state index contributed by atoms with van der Waals surface area (Å²) in [5.74, 6) is 0. The number of aromatic amines is 1. The predicted molar refractivity (Wildman–Crippen MR) is 133 cm³/mol. The Kier molecular flexibility index (Phi) is 6.58. The van der Waals surface area contributed by atoms with Gasteiger partial charge in [0.25, 0.3) is 5.56 Å². The molecule has 1 aromatic heterocycles. The summed E-state index contributed by atoms with van der Waals surface area (Å²) in [4.78, 5) is 33.7. The van der Waals surface area contributed by atoms with Crippen LogP contribution in [0.4, 0.5) is 16.2 Å². The zero-order chi connectivity index (χ0) is 23.5. The van der Waals surface area contributed by atoms with E-state index in [9.17, 15) is 9.59 Å². The molecule has 0 saturated carbocycles. The lowest BCUT2D eigenvalue weighted by Gasteiger charge is -2.36. The molecule has 33 heavy (non-hydrogen) atoms. The van der Waals surface area contributed by atoms with E-state index in [0.29, 0.717) is 26.2 Å². The second-order valence-electron chi connectivity index (χ2n) is 8.71. The molecule has 4 rings (SSSR count). The van der Waals surface area contributed by atoms with Crippen LogP contribution in [-0.4, -0.2) is 55.8 Å². The number of piperazine rings is 1. The van der Waals surface area contributed by atoms with Crippen molar-refractivity contribution in [1.29, 1.82) is 0 Å². The van der Waals surface area contributed by atoms with Gasteiger partial charge in [-0.1, -0.05) is 11.6 Å². The minimum atomic E-state index is -0.232. The van der Waals surface area contributed by atoms with Crippen LogP contribution in [0, 0.1) is 13.8 Å². The second kappa shape index (κ2) is 9.57. The second-order valence-corrected chi connectivity index (χ2v) is 8.71. The van der Waals surface area contributed by atoms with Gasteiger partial charge in [0.2, 0.25) is 0 Å². The number of fused-ring (bicyclic) bond motifs is 1. The summed E-state index contributed by atoms with van der Waals surface area (Å²) in [5.41, 5.74) is 6.11. The van der Waals surface area contributed by atoms with Gasteiger partial charge >= 0.3 is 6.09 Å². The van der Waals surface area contributed by atoms with Gasteiger partial charge in [0, 0.05) is 62.2 Å². The van der Waals surface area contributed by atoms with Crippen molar-refractivity contribution in [3.8, 4) is 0 Å². The summed E-state index contributed by atoms with van der Waals surface area (Å²) in [7, 11) is 2.01.